The summed E-state index contributed by atoms with van der Waals surface area (Å²) in [7, 11) is 0. The molecular formula is C9H7Cl2N. The summed E-state index contributed by atoms with van der Waals surface area (Å²) in [5.74, 6) is 0. The lowest BCUT2D eigenvalue weighted by atomic mass is 10.2. The van der Waals surface area contributed by atoms with Crippen molar-refractivity contribution in [3.05, 3.63) is 36.0 Å². The molecule has 1 aromatic heterocycles. The average molecular weight is 200 g/mol. The Bertz CT molecular complexity index is 392. The second kappa shape index (κ2) is 3.00. The van der Waals surface area contributed by atoms with Gasteiger partial charge in [-0.1, -0.05) is 6.07 Å². The Hall–Kier alpha value is -0.660. The van der Waals surface area contributed by atoms with E-state index in [2.05, 4.69) is 4.98 Å². The SMILES string of the molecule is ClC(Cl)c1ccc2[nH]ccc2c1. The second-order valence-corrected chi connectivity index (χ2v) is 3.72. The maximum absolute atomic E-state index is 5.73. The number of hydrogen-bond acceptors (Lipinski definition) is 0. The van der Waals surface area contributed by atoms with Gasteiger partial charge >= 0.3 is 0 Å². The Morgan fingerprint density at radius 1 is 1.17 bits per heavy atom. The highest BCUT2D eigenvalue weighted by atomic mass is 35.5. The molecule has 1 N–H and O–H groups in total. The van der Waals surface area contributed by atoms with Crippen molar-refractivity contribution in [2.24, 2.45) is 0 Å². The number of halogens is 2. The highest BCUT2D eigenvalue weighted by Gasteiger charge is 2.03. The van der Waals surface area contributed by atoms with E-state index in [1.165, 1.54) is 0 Å². The topological polar surface area (TPSA) is 15.8 Å². The van der Waals surface area contributed by atoms with E-state index in [-0.39, 0.29) is 0 Å². The van der Waals surface area contributed by atoms with Gasteiger partial charge in [-0.3, -0.25) is 0 Å². The zero-order valence-electron chi connectivity index (χ0n) is 6.22. The first-order valence-electron chi connectivity index (χ1n) is 3.62. The van der Waals surface area contributed by atoms with Gasteiger partial charge in [0.25, 0.3) is 0 Å². The van der Waals surface area contributed by atoms with E-state index in [1.807, 2.05) is 30.5 Å². The van der Waals surface area contributed by atoms with Crippen molar-refractivity contribution in [1.29, 1.82) is 0 Å². The first kappa shape index (κ1) is 7.96. The van der Waals surface area contributed by atoms with Crippen LogP contribution in [-0.2, 0) is 0 Å². The number of alkyl halides is 2. The van der Waals surface area contributed by atoms with Crippen LogP contribution in [0.5, 0.6) is 0 Å². The van der Waals surface area contributed by atoms with Crippen molar-refractivity contribution in [3.8, 4) is 0 Å². The molecule has 0 unspecified atom stereocenters. The van der Waals surface area contributed by atoms with Gasteiger partial charge < -0.3 is 4.98 Å². The van der Waals surface area contributed by atoms with Gasteiger partial charge in [0.05, 0.1) is 0 Å². The van der Waals surface area contributed by atoms with Crippen LogP contribution in [0.15, 0.2) is 30.5 Å². The van der Waals surface area contributed by atoms with Crippen LogP contribution in [0.1, 0.15) is 10.4 Å². The molecule has 0 saturated carbocycles. The molecule has 0 aliphatic rings. The summed E-state index contributed by atoms with van der Waals surface area (Å²) in [5, 5.41) is 1.14. The predicted octanol–water partition coefficient (Wildman–Crippen LogP) is 3.64. The third-order valence-corrected chi connectivity index (χ3v) is 2.33. The summed E-state index contributed by atoms with van der Waals surface area (Å²) in [4.78, 5) is 2.66. The van der Waals surface area contributed by atoms with Crippen molar-refractivity contribution in [2.45, 2.75) is 4.84 Å². The van der Waals surface area contributed by atoms with Crippen LogP contribution >= 0.6 is 23.2 Å². The van der Waals surface area contributed by atoms with Crippen LogP contribution in [0, 0.1) is 0 Å². The van der Waals surface area contributed by atoms with Crippen molar-refractivity contribution in [1.82, 2.24) is 4.98 Å². The minimum Gasteiger partial charge on any atom is -0.361 e. The highest BCUT2D eigenvalue weighted by Crippen LogP contribution is 2.26. The first-order valence-corrected chi connectivity index (χ1v) is 4.50. The fraction of sp³-hybridized carbons (Fsp3) is 0.111. The lowest BCUT2D eigenvalue weighted by molar-refractivity contribution is 1.36. The smallest absolute Gasteiger partial charge is 0.132 e. The van der Waals surface area contributed by atoms with Gasteiger partial charge in [0.2, 0.25) is 0 Å². The number of aromatic nitrogens is 1. The summed E-state index contributed by atoms with van der Waals surface area (Å²) >= 11 is 11.5. The van der Waals surface area contributed by atoms with Gasteiger partial charge in [-0.2, -0.15) is 0 Å². The van der Waals surface area contributed by atoms with Crippen molar-refractivity contribution in [2.75, 3.05) is 0 Å². The van der Waals surface area contributed by atoms with E-state index in [9.17, 15) is 0 Å². The molecule has 62 valence electrons. The summed E-state index contributed by atoms with van der Waals surface area (Å²) in [5.41, 5.74) is 2.04. The molecule has 0 fully saturated rings. The predicted molar refractivity (Wildman–Crippen MR) is 52.7 cm³/mol. The number of benzene rings is 1. The van der Waals surface area contributed by atoms with E-state index in [0.717, 1.165) is 16.5 Å². The zero-order chi connectivity index (χ0) is 8.55. The van der Waals surface area contributed by atoms with Crippen molar-refractivity contribution >= 4 is 34.1 Å². The number of hydrogen-bond donors (Lipinski definition) is 1. The van der Waals surface area contributed by atoms with Crippen LogP contribution in [0.25, 0.3) is 10.9 Å². The molecule has 0 radical (unpaired) electrons. The normalized spacial score (nSPS) is 11.2. The minimum absolute atomic E-state index is 0.440. The zero-order valence-corrected chi connectivity index (χ0v) is 7.73. The third-order valence-electron chi connectivity index (χ3n) is 1.83. The van der Waals surface area contributed by atoms with Crippen LogP contribution in [0.4, 0.5) is 0 Å². The Labute approximate surface area is 80.3 Å². The third kappa shape index (κ3) is 1.30. The van der Waals surface area contributed by atoms with Crippen LogP contribution in [-0.4, -0.2) is 4.98 Å². The molecule has 1 heterocycles. The van der Waals surface area contributed by atoms with E-state index in [0.29, 0.717) is 0 Å². The molecule has 2 rings (SSSR count). The number of rotatable bonds is 1. The lowest BCUT2D eigenvalue weighted by Gasteiger charge is -2.00. The van der Waals surface area contributed by atoms with Crippen molar-refractivity contribution < 1.29 is 0 Å². The number of aromatic amines is 1. The van der Waals surface area contributed by atoms with Gasteiger partial charge in [0.1, 0.15) is 4.84 Å². The Morgan fingerprint density at radius 2 is 2.00 bits per heavy atom. The van der Waals surface area contributed by atoms with Crippen molar-refractivity contribution in [3.63, 3.8) is 0 Å². The molecule has 12 heavy (non-hydrogen) atoms. The molecular weight excluding hydrogens is 193 g/mol. The molecule has 0 bridgehead atoms. The van der Waals surface area contributed by atoms with Gasteiger partial charge in [-0.05, 0) is 29.1 Å². The Morgan fingerprint density at radius 3 is 2.75 bits per heavy atom. The van der Waals surface area contributed by atoms with Gasteiger partial charge in [0.15, 0.2) is 0 Å². The molecule has 3 heteroatoms. The number of nitrogens with one attached hydrogen (secondary N) is 1. The minimum atomic E-state index is -0.440. The maximum Gasteiger partial charge on any atom is 0.132 e. The summed E-state index contributed by atoms with van der Waals surface area (Å²) < 4.78 is 0. The van der Waals surface area contributed by atoms with Crippen LogP contribution in [0.2, 0.25) is 0 Å². The van der Waals surface area contributed by atoms with Crippen LogP contribution < -0.4 is 0 Å². The molecule has 0 aliphatic carbocycles. The summed E-state index contributed by atoms with van der Waals surface area (Å²) in [6.07, 6.45) is 1.89. The molecule has 0 amide bonds. The Balaban J connectivity index is 2.60. The van der Waals surface area contributed by atoms with Gasteiger partial charge in [-0.25, -0.2) is 0 Å². The van der Waals surface area contributed by atoms with Crippen LogP contribution in [0.3, 0.4) is 0 Å². The lowest BCUT2D eigenvalue weighted by Crippen LogP contribution is -1.79. The fourth-order valence-electron chi connectivity index (χ4n) is 1.21. The average Bonchev–Trinajstić information content (AvgIpc) is 2.49. The van der Waals surface area contributed by atoms with E-state index >= 15 is 0 Å². The molecule has 1 nitrogen and oxygen atoms in total. The number of H-pyrrole nitrogens is 1. The summed E-state index contributed by atoms with van der Waals surface area (Å²) in [6, 6.07) is 7.87. The monoisotopic (exact) mass is 199 g/mol. The van der Waals surface area contributed by atoms with Gasteiger partial charge in [-0.15, -0.1) is 23.2 Å². The number of fused-ring (bicyclic) bond motifs is 1. The maximum atomic E-state index is 5.73. The molecule has 1 aromatic carbocycles. The Kier molecular flexibility index (Phi) is 1.99. The molecule has 0 aliphatic heterocycles. The molecule has 2 aromatic rings. The first-order chi connectivity index (χ1) is 5.77. The molecule has 0 spiro atoms. The fourth-order valence-corrected chi connectivity index (χ4v) is 1.48. The molecule has 0 atom stereocenters. The van der Waals surface area contributed by atoms with E-state index in [4.69, 9.17) is 23.2 Å². The van der Waals surface area contributed by atoms with Gasteiger partial charge in [0, 0.05) is 11.7 Å². The summed E-state index contributed by atoms with van der Waals surface area (Å²) in [6.45, 7) is 0. The quantitative estimate of drug-likeness (QED) is 0.676. The van der Waals surface area contributed by atoms with E-state index in [1.54, 1.807) is 0 Å². The van der Waals surface area contributed by atoms with E-state index < -0.39 is 4.84 Å². The largest absolute Gasteiger partial charge is 0.361 e. The highest BCUT2D eigenvalue weighted by molar-refractivity contribution is 6.44. The standard InChI is InChI=1S/C9H7Cl2N/c10-9(11)7-1-2-8-6(5-7)3-4-12-8/h1-5,9,12H. The molecule has 0 saturated heterocycles. The second-order valence-electron chi connectivity index (χ2n) is 2.63.